The zero-order valence-electron chi connectivity index (χ0n) is 8.23. The van der Waals surface area contributed by atoms with E-state index in [9.17, 15) is 5.11 Å². The first-order valence-electron chi connectivity index (χ1n) is 4.68. The van der Waals surface area contributed by atoms with Crippen LogP contribution in [0.3, 0.4) is 0 Å². The molecule has 1 N–H and O–H groups in total. The molecule has 2 heterocycles. The standard InChI is InChI=1S/C11H9BrClNOS/c12-8-3-4-16-10(8)5-9(15)7-1-2-11(13)14-6-7/h1-4,6,9,15H,5H2. The van der Waals surface area contributed by atoms with Crippen LogP contribution in [0.25, 0.3) is 0 Å². The number of pyridine rings is 1. The Morgan fingerprint density at radius 3 is 2.81 bits per heavy atom. The van der Waals surface area contributed by atoms with E-state index >= 15 is 0 Å². The van der Waals surface area contributed by atoms with Gasteiger partial charge in [0.05, 0.1) is 6.10 Å². The van der Waals surface area contributed by atoms with Gasteiger partial charge in [-0.2, -0.15) is 0 Å². The van der Waals surface area contributed by atoms with Gasteiger partial charge in [-0.3, -0.25) is 0 Å². The van der Waals surface area contributed by atoms with Crippen molar-refractivity contribution in [2.45, 2.75) is 12.5 Å². The minimum atomic E-state index is -0.542. The lowest BCUT2D eigenvalue weighted by molar-refractivity contribution is 0.179. The van der Waals surface area contributed by atoms with Gasteiger partial charge in [-0.05, 0) is 39.0 Å². The fraction of sp³-hybridized carbons (Fsp3) is 0.182. The number of aliphatic hydroxyl groups excluding tert-OH is 1. The number of nitrogens with zero attached hydrogens (tertiary/aromatic N) is 1. The van der Waals surface area contributed by atoms with Crippen molar-refractivity contribution in [3.63, 3.8) is 0 Å². The first-order valence-corrected chi connectivity index (χ1v) is 6.73. The molecule has 0 aliphatic heterocycles. The average Bonchev–Trinajstić information content (AvgIpc) is 2.65. The quantitative estimate of drug-likeness (QED) is 0.872. The molecule has 0 saturated heterocycles. The monoisotopic (exact) mass is 317 g/mol. The molecule has 5 heteroatoms. The molecule has 16 heavy (non-hydrogen) atoms. The highest BCUT2D eigenvalue weighted by Crippen LogP contribution is 2.28. The van der Waals surface area contributed by atoms with Crippen molar-refractivity contribution in [3.8, 4) is 0 Å². The molecule has 0 radical (unpaired) electrons. The zero-order valence-corrected chi connectivity index (χ0v) is 11.4. The lowest BCUT2D eigenvalue weighted by Gasteiger charge is -2.09. The first-order chi connectivity index (χ1) is 7.66. The number of thiophene rings is 1. The van der Waals surface area contributed by atoms with Gasteiger partial charge in [0.1, 0.15) is 5.15 Å². The van der Waals surface area contributed by atoms with Crippen LogP contribution in [0.15, 0.2) is 34.2 Å². The Bertz CT molecular complexity index is 471. The Kier molecular flexibility index (Phi) is 3.97. The highest BCUT2D eigenvalue weighted by molar-refractivity contribution is 9.10. The third kappa shape index (κ3) is 2.83. The highest BCUT2D eigenvalue weighted by Gasteiger charge is 2.11. The third-order valence-corrected chi connectivity index (χ3v) is 4.38. The van der Waals surface area contributed by atoms with Crippen molar-refractivity contribution in [1.82, 2.24) is 4.98 Å². The summed E-state index contributed by atoms with van der Waals surface area (Å²) in [7, 11) is 0. The SMILES string of the molecule is OC(Cc1sccc1Br)c1ccc(Cl)nc1. The summed E-state index contributed by atoms with van der Waals surface area (Å²) in [6.45, 7) is 0. The summed E-state index contributed by atoms with van der Waals surface area (Å²) in [5, 5.41) is 12.4. The summed E-state index contributed by atoms with van der Waals surface area (Å²) >= 11 is 10.7. The van der Waals surface area contributed by atoms with Gasteiger partial charge in [-0.15, -0.1) is 11.3 Å². The normalized spacial score (nSPS) is 12.7. The minimum absolute atomic E-state index is 0.438. The predicted octanol–water partition coefficient (Wildman–Crippen LogP) is 3.84. The van der Waals surface area contributed by atoms with Crippen LogP contribution in [0.2, 0.25) is 5.15 Å². The van der Waals surface area contributed by atoms with Gasteiger partial charge in [0, 0.05) is 22.0 Å². The molecule has 0 fully saturated rings. The van der Waals surface area contributed by atoms with E-state index in [1.807, 2.05) is 11.4 Å². The van der Waals surface area contributed by atoms with Crippen molar-refractivity contribution in [2.75, 3.05) is 0 Å². The van der Waals surface area contributed by atoms with Gasteiger partial charge >= 0.3 is 0 Å². The van der Waals surface area contributed by atoms with E-state index < -0.39 is 6.10 Å². The smallest absolute Gasteiger partial charge is 0.129 e. The second-order valence-electron chi connectivity index (χ2n) is 3.33. The van der Waals surface area contributed by atoms with Gasteiger partial charge in [0.2, 0.25) is 0 Å². The molecule has 0 aromatic carbocycles. The molecule has 2 aromatic rings. The van der Waals surface area contributed by atoms with E-state index in [2.05, 4.69) is 20.9 Å². The molecule has 2 nitrogen and oxygen atoms in total. The largest absolute Gasteiger partial charge is 0.388 e. The summed E-state index contributed by atoms with van der Waals surface area (Å²) in [6.07, 6.45) is 1.65. The van der Waals surface area contributed by atoms with Crippen LogP contribution in [0.1, 0.15) is 16.5 Å². The molecule has 0 saturated carbocycles. The molecule has 2 aromatic heterocycles. The van der Waals surface area contributed by atoms with Crippen LogP contribution in [-0.2, 0) is 6.42 Å². The molecular formula is C11H9BrClNOS. The van der Waals surface area contributed by atoms with Gasteiger partial charge in [-0.25, -0.2) is 4.98 Å². The topological polar surface area (TPSA) is 33.1 Å². The molecule has 2 rings (SSSR count). The Morgan fingerprint density at radius 2 is 2.25 bits per heavy atom. The maximum absolute atomic E-state index is 10.0. The van der Waals surface area contributed by atoms with Crippen LogP contribution < -0.4 is 0 Å². The van der Waals surface area contributed by atoms with Gasteiger partial charge in [-0.1, -0.05) is 17.7 Å². The summed E-state index contributed by atoms with van der Waals surface area (Å²) in [6, 6.07) is 5.46. The van der Waals surface area contributed by atoms with Crippen LogP contribution in [0.5, 0.6) is 0 Å². The van der Waals surface area contributed by atoms with Gasteiger partial charge in [0.15, 0.2) is 0 Å². The second kappa shape index (κ2) is 5.27. The lowest BCUT2D eigenvalue weighted by atomic mass is 10.1. The maximum atomic E-state index is 10.0. The molecule has 0 amide bonds. The average molecular weight is 319 g/mol. The summed E-state index contributed by atoms with van der Waals surface area (Å²) < 4.78 is 1.04. The molecule has 0 aliphatic carbocycles. The number of hydrogen-bond donors (Lipinski definition) is 1. The van der Waals surface area contributed by atoms with E-state index in [0.29, 0.717) is 11.6 Å². The van der Waals surface area contributed by atoms with Crippen LogP contribution in [-0.4, -0.2) is 10.1 Å². The van der Waals surface area contributed by atoms with Crippen LogP contribution in [0.4, 0.5) is 0 Å². The predicted molar refractivity (Wildman–Crippen MR) is 69.9 cm³/mol. The molecule has 84 valence electrons. The zero-order chi connectivity index (χ0) is 11.5. The van der Waals surface area contributed by atoms with Crippen molar-refractivity contribution in [1.29, 1.82) is 0 Å². The second-order valence-corrected chi connectivity index (χ2v) is 5.57. The van der Waals surface area contributed by atoms with E-state index in [1.54, 1.807) is 29.7 Å². The molecular weight excluding hydrogens is 310 g/mol. The number of halogens is 2. The third-order valence-electron chi connectivity index (χ3n) is 2.20. The van der Waals surface area contributed by atoms with E-state index in [4.69, 9.17) is 11.6 Å². The molecule has 0 aliphatic rings. The summed E-state index contributed by atoms with van der Waals surface area (Å²) in [4.78, 5) is 5.08. The Balaban J connectivity index is 2.11. The number of aliphatic hydroxyl groups is 1. The van der Waals surface area contributed by atoms with Crippen LogP contribution >= 0.6 is 38.9 Å². The lowest BCUT2D eigenvalue weighted by Crippen LogP contribution is -2.01. The fourth-order valence-corrected chi connectivity index (χ4v) is 3.01. The maximum Gasteiger partial charge on any atom is 0.129 e. The van der Waals surface area contributed by atoms with Crippen molar-refractivity contribution in [2.24, 2.45) is 0 Å². The number of aromatic nitrogens is 1. The molecule has 1 atom stereocenters. The Hall–Kier alpha value is -0.420. The number of hydrogen-bond acceptors (Lipinski definition) is 3. The first kappa shape index (κ1) is 12.0. The summed E-state index contributed by atoms with van der Waals surface area (Å²) in [5.41, 5.74) is 0.782. The highest BCUT2D eigenvalue weighted by atomic mass is 79.9. The van der Waals surface area contributed by atoms with E-state index in [1.165, 1.54) is 0 Å². The summed E-state index contributed by atoms with van der Waals surface area (Å²) in [5.74, 6) is 0. The van der Waals surface area contributed by atoms with E-state index in [0.717, 1.165) is 14.9 Å². The fourth-order valence-electron chi connectivity index (χ4n) is 1.35. The Morgan fingerprint density at radius 1 is 1.44 bits per heavy atom. The van der Waals surface area contributed by atoms with Crippen molar-refractivity contribution < 1.29 is 5.11 Å². The van der Waals surface area contributed by atoms with Gasteiger partial charge in [0.25, 0.3) is 0 Å². The minimum Gasteiger partial charge on any atom is -0.388 e. The molecule has 1 unspecified atom stereocenters. The van der Waals surface area contributed by atoms with Crippen LogP contribution in [0, 0.1) is 0 Å². The van der Waals surface area contributed by atoms with Gasteiger partial charge < -0.3 is 5.11 Å². The molecule has 0 spiro atoms. The van der Waals surface area contributed by atoms with Crippen molar-refractivity contribution >= 4 is 38.9 Å². The number of rotatable bonds is 3. The molecule has 0 bridgehead atoms. The van der Waals surface area contributed by atoms with Crippen molar-refractivity contribution in [3.05, 3.63) is 49.8 Å². The van der Waals surface area contributed by atoms with E-state index in [-0.39, 0.29) is 0 Å². The Labute approximate surface area is 111 Å².